The van der Waals surface area contributed by atoms with Gasteiger partial charge in [-0.2, -0.15) is 0 Å². The van der Waals surface area contributed by atoms with Gasteiger partial charge in [-0.3, -0.25) is 9.36 Å². The van der Waals surface area contributed by atoms with E-state index in [1.165, 1.54) is 55.2 Å². The van der Waals surface area contributed by atoms with Crippen LogP contribution in [0.3, 0.4) is 0 Å². The minimum atomic E-state index is 0.0493. The number of thioether (sulfide) groups is 1. The van der Waals surface area contributed by atoms with Crippen molar-refractivity contribution in [1.29, 1.82) is 0 Å². The van der Waals surface area contributed by atoms with E-state index in [0.29, 0.717) is 5.75 Å². The normalized spacial score (nSPS) is 15.0. The molecule has 1 aliphatic rings. The zero-order valence-electron chi connectivity index (χ0n) is 16.3. The van der Waals surface area contributed by atoms with Gasteiger partial charge in [0.15, 0.2) is 5.16 Å². The Hall–Kier alpha value is -1.86. The van der Waals surface area contributed by atoms with Crippen LogP contribution in [-0.4, -0.2) is 57.5 Å². The lowest BCUT2D eigenvalue weighted by atomic mass is 10.1. The van der Waals surface area contributed by atoms with E-state index >= 15 is 0 Å². The van der Waals surface area contributed by atoms with Crippen molar-refractivity contribution in [3.05, 3.63) is 35.7 Å². The van der Waals surface area contributed by atoms with E-state index in [1.807, 2.05) is 4.57 Å². The number of aromatic nitrogens is 3. The van der Waals surface area contributed by atoms with Crippen molar-refractivity contribution in [2.45, 2.75) is 44.7 Å². The van der Waals surface area contributed by atoms with E-state index < -0.39 is 0 Å². The number of carbonyl (C=O) groups excluding carboxylic acids is 1. The van der Waals surface area contributed by atoms with E-state index in [4.69, 9.17) is 0 Å². The first-order valence-electron chi connectivity index (χ1n) is 9.73. The monoisotopic (exact) mass is 387 g/mol. The fraction of sp³-hybridized carbons (Fsp3) is 0.550. The minimum absolute atomic E-state index is 0.0493. The molecule has 27 heavy (non-hydrogen) atoms. The number of hydrogen-bond donors (Lipinski definition) is 1. The Kier molecular flexibility index (Phi) is 7.29. The predicted molar refractivity (Wildman–Crippen MR) is 109 cm³/mol. The third-order valence-electron chi connectivity index (χ3n) is 5.04. The molecule has 1 amide bonds. The Morgan fingerprint density at radius 3 is 2.78 bits per heavy atom. The van der Waals surface area contributed by atoms with Crippen LogP contribution in [0.5, 0.6) is 0 Å². The molecule has 0 saturated carbocycles. The third kappa shape index (κ3) is 5.81. The van der Waals surface area contributed by atoms with Gasteiger partial charge in [-0.05, 0) is 76.0 Å². The van der Waals surface area contributed by atoms with Crippen LogP contribution in [0.4, 0.5) is 0 Å². The highest BCUT2D eigenvalue weighted by atomic mass is 32.2. The molecule has 1 aliphatic heterocycles. The van der Waals surface area contributed by atoms with Gasteiger partial charge in [0.2, 0.25) is 5.91 Å². The van der Waals surface area contributed by atoms with Crippen molar-refractivity contribution < 1.29 is 4.79 Å². The van der Waals surface area contributed by atoms with Crippen molar-refractivity contribution in [2.75, 3.05) is 31.9 Å². The molecule has 6 nitrogen and oxygen atoms in total. The van der Waals surface area contributed by atoms with Crippen LogP contribution >= 0.6 is 11.8 Å². The zero-order chi connectivity index (χ0) is 19.1. The number of likely N-dealkylation sites (tertiary alicyclic amines) is 1. The molecule has 146 valence electrons. The molecule has 2 heterocycles. The summed E-state index contributed by atoms with van der Waals surface area (Å²) in [4.78, 5) is 14.6. The van der Waals surface area contributed by atoms with E-state index in [1.54, 1.807) is 6.33 Å². The molecule has 1 aromatic carbocycles. The smallest absolute Gasteiger partial charge is 0.230 e. The molecule has 2 aromatic rings. The lowest BCUT2D eigenvalue weighted by Gasteiger charge is -2.26. The molecular formula is C20H29N5OS. The second kappa shape index (κ2) is 9.90. The SMILES string of the molecule is Cc1ccc(-n2cnnc2SCC(=O)NCCCN2CCCCC2)cc1C. The first kappa shape index (κ1) is 19.9. The number of hydrogen-bond acceptors (Lipinski definition) is 5. The van der Waals surface area contributed by atoms with Crippen LogP contribution < -0.4 is 5.32 Å². The molecule has 0 atom stereocenters. The highest BCUT2D eigenvalue weighted by Gasteiger charge is 2.12. The summed E-state index contributed by atoms with van der Waals surface area (Å²) in [5.41, 5.74) is 3.50. The first-order valence-corrected chi connectivity index (χ1v) is 10.7. The summed E-state index contributed by atoms with van der Waals surface area (Å²) >= 11 is 1.42. The number of rotatable bonds is 8. The summed E-state index contributed by atoms with van der Waals surface area (Å²) in [7, 11) is 0. The molecule has 1 N–H and O–H groups in total. The fourth-order valence-corrected chi connectivity index (χ4v) is 4.03. The number of aryl methyl sites for hydroxylation is 2. The van der Waals surface area contributed by atoms with Crippen LogP contribution in [0.15, 0.2) is 29.7 Å². The minimum Gasteiger partial charge on any atom is -0.355 e. The van der Waals surface area contributed by atoms with E-state index in [9.17, 15) is 4.79 Å². The summed E-state index contributed by atoms with van der Waals surface area (Å²) in [5, 5.41) is 11.9. The average Bonchev–Trinajstić information content (AvgIpc) is 3.15. The Morgan fingerprint density at radius 1 is 1.19 bits per heavy atom. The topological polar surface area (TPSA) is 63.1 Å². The second-order valence-electron chi connectivity index (χ2n) is 7.15. The molecule has 0 radical (unpaired) electrons. The van der Waals surface area contributed by atoms with Crippen molar-refractivity contribution >= 4 is 17.7 Å². The van der Waals surface area contributed by atoms with Crippen molar-refractivity contribution in [2.24, 2.45) is 0 Å². The van der Waals surface area contributed by atoms with Crippen LogP contribution in [0.25, 0.3) is 5.69 Å². The van der Waals surface area contributed by atoms with Gasteiger partial charge in [-0.1, -0.05) is 24.2 Å². The Bertz CT molecular complexity index is 755. The number of amides is 1. The molecule has 1 saturated heterocycles. The molecule has 0 spiro atoms. The highest BCUT2D eigenvalue weighted by molar-refractivity contribution is 7.99. The summed E-state index contributed by atoms with van der Waals surface area (Å²) in [6.45, 7) is 8.41. The molecule has 7 heteroatoms. The van der Waals surface area contributed by atoms with Gasteiger partial charge in [-0.15, -0.1) is 10.2 Å². The summed E-state index contributed by atoms with van der Waals surface area (Å²) in [5.74, 6) is 0.404. The number of benzene rings is 1. The maximum absolute atomic E-state index is 12.1. The van der Waals surface area contributed by atoms with Gasteiger partial charge in [0.05, 0.1) is 5.75 Å². The first-order chi connectivity index (χ1) is 13.1. The average molecular weight is 388 g/mol. The van der Waals surface area contributed by atoms with Gasteiger partial charge in [-0.25, -0.2) is 0 Å². The van der Waals surface area contributed by atoms with E-state index in [0.717, 1.165) is 30.4 Å². The Balaban J connectivity index is 1.42. The molecule has 1 fully saturated rings. The van der Waals surface area contributed by atoms with Crippen molar-refractivity contribution in [3.8, 4) is 5.69 Å². The van der Waals surface area contributed by atoms with Crippen LogP contribution in [-0.2, 0) is 4.79 Å². The van der Waals surface area contributed by atoms with E-state index in [-0.39, 0.29) is 5.91 Å². The zero-order valence-corrected chi connectivity index (χ0v) is 17.1. The van der Waals surface area contributed by atoms with Gasteiger partial charge < -0.3 is 10.2 Å². The summed E-state index contributed by atoms with van der Waals surface area (Å²) in [6.07, 6.45) is 6.68. The van der Waals surface area contributed by atoms with E-state index in [2.05, 4.69) is 52.5 Å². The molecule has 0 bridgehead atoms. The molecule has 0 aliphatic carbocycles. The number of nitrogens with one attached hydrogen (secondary N) is 1. The quantitative estimate of drug-likeness (QED) is 0.557. The molecular weight excluding hydrogens is 358 g/mol. The lowest BCUT2D eigenvalue weighted by molar-refractivity contribution is -0.118. The maximum atomic E-state index is 12.1. The van der Waals surface area contributed by atoms with Crippen LogP contribution in [0.2, 0.25) is 0 Å². The van der Waals surface area contributed by atoms with Gasteiger partial charge in [0.25, 0.3) is 0 Å². The largest absolute Gasteiger partial charge is 0.355 e. The third-order valence-corrected chi connectivity index (χ3v) is 5.98. The van der Waals surface area contributed by atoms with Crippen LogP contribution in [0.1, 0.15) is 36.8 Å². The molecule has 3 rings (SSSR count). The number of piperidine rings is 1. The summed E-state index contributed by atoms with van der Waals surface area (Å²) in [6, 6.07) is 6.26. The number of carbonyl (C=O) groups is 1. The fourth-order valence-electron chi connectivity index (χ4n) is 3.27. The van der Waals surface area contributed by atoms with Crippen molar-refractivity contribution in [1.82, 2.24) is 25.0 Å². The lowest BCUT2D eigenvalue weighted by Crippen LogP contribution is -2.33. The molecule has 1 aromatic heterocycles. The second-order valence-corrected chi connectivity index (χ2v) is 8.09. The Morgan fingerprint density at radius 2 is 2.00 bits per heavy atom. The predicted octanol–water partition coefficient (Wildman–Crippen LogP) is 2.97. The summed E-state index contributed by atoms with van der Waals surface area (Å²) < 4.78 is 1.93. The Labute approximate surface area is 165 Å². The maximum Gasteiger partial charge on any atom is 0.230 e. The van der Waals surface area contributed by atoms with Crippen LogP contribution in [0, 0.1) is 13.8 Å². The standard InChI is InChI=1S/C20H29N5OS/c1-16-7-8-18(13-17(16)2)25-15-22-23-20(25)27-14-19(26)21-9-6-12-24-10-4-3-5-11-24/h7-8,13,15H,3-6,9-12,14H2,1-2H3,(H,21,26). The highest BCUT2D eigenvalue weighted by Crippen LogP contribution is 2.21. The van der Waals surface area contributed by atoms with Gasteiger partial charge in [0, 0.05) is 12.2 Å². The number of nitrogens with zero attached hydrogens (tertiary/aromatic N) is 4. The van der Waals surface area contributed by atoms with Crippen molar-refractivity contribution in [3.63, 3.8) is 0 Å². The van der Waals surface area contributed by atoms with Gasteiger partial charge >= 0.3 is 0 Å². The molecule has 0 unspecified atom stereocenters. The van der Waals surface area contributed by atoms with Gasteiger partial charge in [0.1, 0.15) is 6.33 Å².